The van der Waals surface area contributed by atoms with E-state index in [0.717, 1.165) is 51.4 Å². The number of carbonyl (C=O) groups excluding carboxylic acids is 3. The first-order valence-electron chi connectivity index (χ1n) is 11.8. The first-order valence-corrected chi connectivity index (χ1v) is 11.8. The second-order valence-corrected chi connectivity index (χ2v) is 7.94. The molecule has 0 aliphatic rings. The molecule has 184 valence electrons. The predicted octanol–water partition coefficient (Wildman–Crippen LogP) is 5.78. The Balaban J connectivity index is 1.55. The van der Waals surface area contributed by atoms with Gasteiger partial charge in [0.25, 0.3) is 0 Å². The molecule has 0 spiro atoms. The lowest BCUT2D eigenvalue weighted by Gasteiger charge is -2.07. The molecule has 0 N–H and O–H groups in total. The Hall–Kier alpha value is -3.92. The van der Waals surface area contributed by atoms with Crippen molar-refractivity contribution in [2.45, 2.75) is 51.4 Å². The van der Waals surface area contributed by atoms with E-state index in [-0.39, 0.29) is 5.97 Å². The first kappa shape index (κ1) is 27.3. The summed E-state index contributed by atoms with van der Waals surface area (Å²) < 4.78 is 15.5. The summed E-state index contributed by atoms with van der Waals surface area (Å²) in [4.78, 5) is 35.3. The highest BCUT2D eigenvalue weighted by molar-refractivity contribution is 5.92. The van der Waals surface area contributed by atoms with Crippen LogP contribution in [0, 0.1) is 11.3 Å². The van der Waals surface area contributed by atoms with Crippen LogP contribution < -0.4 is 4.74 Å². The normalized spacial score (nSPS) is 10.1. The number of rotatable bonds is 15. The van der Waals surface area contributed by atoms with Crippen molar-refractivity contribution in [3.05, 3.63) is 77.9 Å². The molecule has 0 aromatic heterocycles. The molecule has 0 amide bonds. The van der Waals surface area contributed by atoms with E-state index in [1.165, 1.54) is 18.2 Å². The number of carbonyl (C=O) groups is 3. The molecule has 7 nitrogen and oxygen atoms in total. The highest BCUT2D eigenvalue weighted by Gasteiger charge is 2.11. The molecular formula is C28H31NO6. The van der Waals surface area contributed by atoms with Crippen molar-refractivity contribution < 1.29 is 28.6 Å². The van der Waals surface area contributed by atoms with E-state index in [1.54, 1.807) is 36.4 Å². The molecule has 0 saturated carbocycles. The van der Waals surface area contributed by atoms with Crippen molar-refractivity contribution in [2.24, 2.45) is 0 Å². The third kappa shape index (κ3) is 10.7. The minimum atomic E-state index is -0.543. The standard InChI is InChI=1S/C28H31NO6/c1-2-26(30)33-19-9-7-5-3-4-6-8-10-20-34-27(31)23-15-17-25(18-16-23)35-28(32)24-13-11-22(21-29)12-14-24/h2,11-18H,1,3-10,19-20H2. The van der Waals surface area contributed by atoms with Gasteiger partial charge >= 0.3 is 17.9 Å². The number of hydrogen-bond donors (Lipinski definition) is 0. The summed E-state index contributed by atoms with van der Waals surface area (Å²) in [6.45, 7) is 4.17. The average Bonchev–Trinajstić information content (AvgIpc) is 2.89. The third-order valence-corrected chi connectivity index (χ3v) is 5.23. The highest BCUT2D eigenvalue weighted by Crippen LogP contribution is 2.16. The van der Waals surface area contributed by atoms with Crippen LogP contribution >= 0.6 is 0 Å². The Kier molecular flexibility index (Phi) is 12.4. The van der Waals surface area contributed by atoms with Crippen molar-refractivity contribution in [2.75, 3.05) is 13.2 Å². The number of hydrogen-bond acceptors (Lipinski definition) is 7. The van der Waals surface area contributed by atoms with E-state index < -0.39 is 11.9 Å². The molecule has 0 aliphatic carbocycles. The van der Waals surface area contributed by atoms with Crippen LogP contribution in [0.25, 0.3) is 0 Å². The van der Waals surface area contributed by atoms with Crippen molar-refractivity contribution >= 4 is 17.9 Å². The number of esters is 3. The Morgan fingerprint density at radius 1 is 0.714 bits per heavy atom. The largest absolute Gasteiger partial charge is 0.463 e. The summed E-state index contributed by atoms with van der Waals surface area (Å²) in [5.41, 5.74) is 1.18. The van der Waals surface area contributed by atoms with E-state index in [0.29, 0.717) is 35.7 Å². The van der Waals surface area contributed by atoms with Crippen molar-refractivity contribution in [3.8, 4) is 11.8 Å². The smallest absolute Gasteiger partial charge is 0.343 e. The molecule has 0 unspecified atom stereocenters. The minimum Gasteiger partial charge on any atom is -0.463 e. The molecule has 2 rings (SSSR count). The SMILES string of the molecule is C=CC(=O)OCCCCCCCCCCOC(=O)c1ccc(OC(=O)c2ccc(C#N)cc2)cc1. The van der Waals surface area contributed by atoms with Crippen molar-refractivity contribution in [1.82, 2.24) is 0 Å². The Morgan fingerprint density at radius 3 is 1.74 bits per heavy atom. The quantitative estimate of drug-likeness (QED) is 0.139. The second kappa shape index (κ2) is 15.8. The van der Waals surface area contributed by atoms with Gasteiger partial charge in [0, 0.05) is 6.08 Å². The Morgan fingerprint density at radius 2 is 1.20 bits per heavy atom. The van der Waals surface area contributed by atoms with Crippen molar-refractivity contribution in [3.63, 3.8) is 0 Å². The van der Waals surface area contributed by atoms with Crippen LogP contribution in [0.4, 0.5) is 0 Å². The van der Waals surface area contributed by atoms with Gasteiger partial charge in [-0.25, -0.2) is 14.4 Å². The van der Waals surface area contributed by atoms with Crippen molar-refractivity contribution in [1.29, 1.82) is 5.26 Å². The lowest BCUT2D eigenvalue weighted by atomic mass is 10.1. The van der Waals surface area contributed by atoms with Crippen LogP contribution in [0.3, 0.4) is 0 Å². The predicted molar refractivity (Wildman–Crippen MR) is 131 cm³/mol. The van der Waals surface area contributed by atoms with Gasteiger partial charge in [0.1, 0.15) is 5.75 Å². The fourth-order valence-electron chi connectivity index (χ4n) is 3.25. The summed E-state index contributed by atoms with van der Waals surface area (Å²) >= 11 is 0. The van der Waals surface area contributed by atoms with E-state index >= 15 is 0 Å². The van der Waals surface area contributed by atoms with Gasteiger partial charge in [-0.2, -0.15) is 5.26 Å². The van der Waals surface area contributed by atoms with Crippen LogP contribution in [0.15, 0.2) is 61.2 Å². The number of nitriles is 1. The lowest BCUT2D eigenvalue weighted by Crippen LogP contribution is -2.09. The molecule has 0 aliphatic heterocycles. The maximum atomic E-state index is 12.2. The summed E-state index contributed by atoms with van der Waals surface area (Å²) in [5, 5.41) is 8.82. The van der Waals surface area contributed by atoms with E-state index in [9.17, 15) is 14.4 Å². The number of benzene rings is 2. The molecule has 0 bridgehead atoms. The van der Waals surface area contributed by atoms with Crippen LogP contribution in [-0.2, 0) is 14.3 Å². The zero-order chi connectivity index (χ0) is 25.3. The van der Waals surface area contributed by atoms with Crippen LogP contribution in [-0.4, -0.2) is 31.1 Å². The van der Waals surface area contributed by atoms with E-state index in [1.807, 2.05) is 6.07 Å². The fourth-order valence-corrected chi connectivity index (χ4v) is 3.25. The number of ether oxygens (including phenoxy) is 3. The van der Waals surface area contributed by atoms with Gasteiger partial charge < -0.3 is 14.2 Å². The van der Waals surface area contributed by atoms with Gasteiger partial charge in [-0.1, -0.05) is 45.1 Å². The molecule has 0 radical (unpaired) electrons. The molecule has 2 aromatic carbocycles. The molecule has 7 heteroatoms. The first-order chi connectivity index (χ1) is 17.0. The minimum absolute atomic E-state index is 0.314. The summed E-state index contributed by atoms with van der Waals surface area (Å²) in [5.74, 6) is -1.01. The van der Waals surface area contributed by atoms with Gasteiger partial charge in [0.15, 0.2) is 0 Å². The summed E-state index contributed by atoms with van der Waals surface area (Å²) in [6, 6.07) is 14.3. The van der Waals surface area contributed by atoms with E-state index in [2.05, 4.69) is 6.58 Å². The zero-order valence-electron chi connectivity index (χ0n) is 19.9. The Bertz CT molecular complexity index is 1010. The van der Waals surface area contributed by atoms with Gasteiger partial charge in [0.05, 0.1) is 36.0 Å². The maximum absolute atomic E-state index is 12.2. The molecule has 0 saturated heterocycles. The maximum Gasteiger partial charge on any atom is 0.343 e. The topological polar surface area (TPSA) is 103 Å². The second-order valence-electron chi connectivity index (χ2n) is 7.94. The monoisotopic (exact) mass is 477 g/mol. The fraction of sp³-hybridized carbons (Fsp3) is 0.357. The van der Waals surface area contributed by atoms with Crippen LogP contribution in [0.1, 0.15) is 77.6 Å². The van der Waals surface area contributed by atoms with E-state index in [4.69, 9.17) is 19.5 Å². The van der Waals surface area contributed by atoms with Gasteiger partial charge in [-0.15, -0.1) is 0 Å². The lowest BCUT2D eigenvalue weighted by molar-refractivity contribution is -0.137. The molecule has 2 aromatic rings. The van der Waals surface area contributed by atoms with Gasteiger partial charge in [-0.05, 0) is 61.4 Å². The summed E-state index contributed by atoms with van der Waals surface area (Å²) in [7, 11) is 0. The zero-order valence-corrected chi connectivity index (χ0v) is 19.9. The van der Waals surface area contributed by atoms with Crippen LogP contribution in [0.5, 0.6) is 5.75 Å². The van der Waals surface area contributed by atoms with Gasteiger partial charge in [0.2, 0.25) is 0 Å². The molecule has 0 fully saturated rings. The molecule has 0 heterocycles. The molecular weight excluding hydrogens is 446 g/mol. The number of unbranched alkanes of at least 4 members (excludes halogenated alkanes) is 7. The highest BCUT2D eigenvalue weighted by atomic mass is 16.5. The van der Waals surface area contributed by atoms with Gasteiger partial charge in [-0.3, -0.25) is 0 Å². The summed E-state index contributed by atoms with van der Waals surface area (Å²) in [6.07, 6.45) is 9.35. The van der Waals surface area contributed by atoms with Crippen LogP contribution in [0.2, 0.25) is 0 Å². The molecule has 0 atom stereocenters. The number of nitrogens with zero attached hydrogens (tertiary/aromatic N) is 1. The average molecular weight is 478 g/mol. The molecule has 35 heavy (non-hydrogen) atoms. The Labute approximate surface area is 206 Å². The third-order valence-electron chi connectivity index (χ3n) is 5.23.